The number of carbonyl (C=O) groups is 1. The van der Waals surface area contributed by atoms with Crippen LogP contribution in [0.4, 0.5) is 5.69 Å². The standard InChI is InChI=1S/C23H35N2O6PS/c1-6-10-18(24-29-7-2)23-20(26)14-17(15-21(23)27)16-11-12-22(28-5)19(13-16)25-32(33,30-8-3)31-9-4/h11-13,17,26H,6-10,14-15H2,1-5H3,(H,25,33). The summed E-state index contributed by atoms with van der Waals surface area (Å²) in [7, 11) is 1.57. The number of hydrogen-bond acceptors (Lipinski definition) is 8. The van der Waals surface area contributed by atoms with Crippen LogP contribution in [0.3, 0.4) is 0 Å². The van der Waals surface area contributed by atoms with Gasteiger partial charge in [0, 0.05) is 12.8 Å². The van der Waals surface area contributed by atoms with Crippen LogP contribution in [0.15, 0.2) is 34.7 Å². The average Bonchev–Trinajstić information content (AvgIpc) is 2.77. The Bertz CT molecular complexity index is 924. The van der Waals surface area contributed by atoms with Crippen LogP contribution in [0.25, 0.3) is 0 Å². The first-order valence-corrected chi connectivity index (χ1v) is 14.0. The lowest BCUT2D eigenvalue weighted by molar-refractivity contribution is -0.116. The molecule has 0 saturated carbocycles. The van der Waals surface area contributed by atoms with Crippen molar-refractivity contribution in [1.82, 2.24) is 0 Å². The van der Waals surface area contributed by atoms with E-state index in [0.29, 0.717) is 49.8 Å². The summed E-state index contributed by atoms with van der Waals surface area (Å²) in [4.78, 5) is 18.2. The normalized spacial score (nSPS) is 17.3. The van der Waals surface area contributed by atoms with Crippen molar-refractivity contribution in [3.8, 4) is 5.75 Å². The fraction of sp³-hybridized carbons (Fsp3) is 0.565. The Labute approximate surface area is 201 Å². The quantitative estimate of drug-likeness (QED) is 0.198. The maximum absolute atomic E-state index is 13.0. The Hall–Kier alpha value is -1.93. The number of Topliss-reactive ketones (excluding diaryl/α,β-unsaturated/α-hetero) is 1. The molecule has 1 aromatic carbocycles. The minimum Gasteiger partial charge on any atom is -0.511 e. The van der Waals surface area contributed by atoms with Gasteiger partial charge in [-0.25, -0.2) is 0 Å². The predicted molar refractivity (Wildman–Crippen MR) is 135 cm³/mol. The second kappa shape index (κ2) is 13.1. The third-order valence-corrected chi connectivity index (χ3v) is 7.69. The van der Waals surface area contributed by atoms with E-state index in [4.69, 9.17) is 30.4 Å². The Morgan fingerprint density at radius 3 is 2.42 bits per heavy atom. The van der Waals surface area contributed by atoms with Gasteiger partial charge in [0.05, 0.1) is 37.3 Å². The van der Waals surface area contributed by atoms with Gasteiger partial charge in [0.25, 0.3) is 6.64 Å². The number of ketones is 1. The molecule has 10 heteroatoms. The molecule has 1 unspecified atom stereocenters. The number of nitrogens with zero attached hydrogens (tertiary/aromatic N) is 1. The lowest BCUT2D eigenvalue weighted by Crippen LogP contribution is -2.24. The van der Waals surface area contributed by atoms with Gasteiger partial charge in [0.1, 0.15) is 18.1 Å². The summed E-state index contributed by atoms with van der Waals surface area (Å²) >= 11 is 5.60. The minimum atomic E-state index is -2.76. The minimum absolute atomic E-state index is 0.0437. The maximum atomic E-state index is 13.0. The van der Waals surface area contributed by atoms with Crippen LogP contribution < -0.4 is 9.82 Å². The summed E-state index contributed by atoms with van der Waals surface area (Å²) in [5, 5.41) is 18.1. The van der Waals surface area contributed by atoms with E-state index in [1.54, 1.807) is 7.11 Å². The number of aliphatic hydroxyl groups excluding tert-OH is 1. The number of carbonyl (C=O) groups excluding carboxylic acids is 1. The molecular weight excluding hydrogens is 463 g/mol. The average molecular weight is 499 g/mol. The number of aliphatic hydroxyl groups is 1. The Morgan fingerprint density at radius 2 is 1.88 bits per heavy atom. The van der Waals surface area contributed by atoms with E-state index in [0.717, 1.165) is 12.0 Å². The zero-order chi connectivity index (χ0) is 24.4. The van der Waals surface area contributed by atoms with Crippen molar-refractivity contribution in [2.24, 2.45) is 5.16 Å². The molecule has 1 atom stereocenters. The Morgan fingerprint density at radius 1 is 1.18 bits per heavy atom. The first kappa shape index (κ1) is 27.3. The molecule has 8 nitrogen and oxygen atoms in total. The van der Waals surface area contributed by atoms with E-state index in [1.807, 2.05) is 45.9 Å². The van der Waals surface area contributed by atoms with Crippen LogP contribution in [0.1, 0.15) is 64.9 Å². The Balaban J connectivity index is 2.37. The van der Waals surface area contributed by atoms with Crippen molar-refractivity contribution in [3.05, 3.63) is 35.1 Å². The van der Waals surface area contributed by atoms with Gasteiger partial charge < -0.3 is 28.8 Å². The molecular formula is C23H35N2O6PS. The smallest absolute Gasteiger partial charge is 0.287 e. The van der Waals surface area contributed by atoms with Crippen molar-refractivity contribution >= 4 is 35.6 Å². The molecule has 1 aliphatic rings. The number of benzene rings is 1. The third-order valence-electron chi connectivity index (χ3n) is 5.07. The molecule has 0 heterocycles. The molecule has 0 radical (unpaired) electrons. The maximum Gasteiger partial charge on any atom is 0.287 e. The van der Waals surface area contributed by atoms with Crippen LogP contribution in [0.5, 0.6) is 5.75 Å². The number of oxime groups is 1. The van der Waals surface area contributed by atoms with Gasteiger partial charge >= 0.3 is 0 Å². The summed E-state index contributed by atoms with van der Waals surface area (Å²) in [6.45, 7) is 6.00. The topological polar surface area (TPSA) is 98.6 Å². The van der Waals surface area contributed by atoms with E-state index in [9.17, 15) is 9.90 Å². The fourth-order valence-electron chi connectivity index (χ4n) is 3.71. The molecule has 184 valence electrons. The largest absolute Gasteiger partial charge is 0.511 e. The highest BCUT2D eigenvalue weighted by Crippen LogP contribution is 2.50. The number of anilines is 1. The number of hydrogen-bond donors (Lipinski definition) is 2. The van der Waals surface area contributed by atoms with Crippen LogP contribution >= 0.6 is 6.64 Å². The summed E-state index contributed by atoms with van der Waals surface area (Å²) < 4.78 is 16.9. The first-order valence-electron chi connectivity index (χ1n) is 11.3. The third kappa shape index (κ3) is 7.27. The molecule has 0 aliphatic heterocycles. The second-order valence-electron chi connectivity index (χ2n) is 7.46. The second-order valence-corrected chi connectivity index (χ2v) is 10.6. The van der Waals surface area contributed by atoms with Crippen molar-refractivity contribution < 1.29 is 28.5 Å². The molecule has 0 bridgehead atoms. The molecule has 0 spiro atoms. The molecule has 0 amide bonds. The molecule has 2 rings (SSSR count). The molecule has 0 aromatic heterocycles. The van der Waals surface area contributed by atoms with E-state index in [-0.39, 0.29) is 29.5 Å². The van der Waals surface area contributed by atoms with Gasteiger partial charge in [0.15, 0.2) is 5.78 Å². The van der Waals surface area contributed by atoms with E-state index in [2.05, 4.69) is 10.2 Å². The fourth-order valence-corrected chi connectivity index (χ4v) is 5.99. The molecule has 1 aliphatic carbocycles. The van der Waals surface area contributed by atoms with Crippen LogP contribution in [0, 0.1) is 0 Å². The van der Waals surface area contributed by atoms with E-state index in [1.165, 1.54) is 0 Å². The SMILES string of the molecule is CCCC(=NOCC)C1=C(O)CC(c2ccc(OC)c(NP(=S)(OCC)OCC)c2)CC1=O. The zero-order valence-corrected chi connectivity index (χ0v) is 21.8. The van der Waals surface area contributed by atoms with Crippen molar-refractivity contribution in [2.75, 3.05) is 32.0 Å². The van der Waals surface area contributed by atoms with Crippen molar-refractivity contribution in [3.63, 3.8) is 0 Å². The van der Waals surface area contributed by atoms with Gasteiger partial charge in [-0.3, -0.25) is 4.79 Å². The van der Waals surface area contributed by atoms with Gasteiger partial charge in [0.2, 0.25) is 0 Å². The van der Waals surface area contributed by atoms with Crippen molar-refractivity contribution in [2.45, 2.75) is 59.3 Å². The van der Waals surface area contributed by atoms with Crippen LogP contribution in [-0.4, -0.2) is 43.5 Å². The highest BCUT2D eigenvalue weighted by Gasteiger charge is 2.32. The number of allylic oxidation sites excluding steroid dienone is 2. The van der Waals surface area contributed by atoms with Crippen LogP contribution in [-0.2, 0) is 30.5 Å². The van der Waals surface area contributed by atoms with Gasteiger partial charge in [-0.2, -0.15) is 0 Å². The Kier molecular flexibility index (Phi) is 10.8. The molecule has 33 heavy (non-hydrogen) atoms. The summed E-state index contributed by atoms with van der Waals surface area (Å²) in [5.74, 6) is 0.292. The summed E-state index contributed by atoms with van der Waals surface area (Å²) in [5.41, 5.74) is 2.31. The number of rotatable bonds is 13. The number of ether oxygens (including phenoxy) is 1. The predicted octanol–water partition coefficient (Wildman–Crippen LogP) is 5.86. The van der Waals surface area contributed by atoms with E-state index >= 15 is 0 Å². The highest BCUT2D eigenvalue weighted by atomic mass is 32.5. The number of nitrogens with one attached hydrogen (secondary N) is 1. The highest BCUT2D eigenvalue weighted by molar-refractivity contribution is 8.10. The summed E-state index contributed by atoms with van der Waals surface area (Å²) in [6.07, 6.45) is 1.93. The van der Waals surface area contributed by atoms with Crippen LogP contribution in [0.2, 0.25) is 0 Å². The zero-order valence-electron chi connectivity index (χ0n) is 20.1. The monoisotopic (exact) mass is 498 g/mol. The number of methoxy groups -OCH3 is 1. The molecule has 0 saturated heterocycles. The van der Waals surface area contributed by atoms with Crippen molar-refractivity contribution in [1.29, 1.82) is 0 Å². The van der Waals surface area contributed by atoms with E-state index < -0.39 is 6.64 Å². The molecule has 1 aromatic rings. The lowest BCUT2D eigenvalue weighted by Gasteiger charge is -2.27. The molecule has 0 fully saturated rings. The lowest BCUT2D eigenvalue weighted by atomic mass is 9.80. The van der Waals surface area contributed by atoms with Gasteiger partial charge in [-0.1, -0.05) is 24.6 Å². The van der Waals surface area contributed by atoms with Gasteiger partial charge in [-0.15, -0.1) is 0 Å². The molecule has 2 N–H and O–H groups in total. The summed E-state index contributed by atoms with van der Waals surface area (Å²) in [6, 6.07) is 5.59. The first-order chi connectivity index (χ1) is 15.8. The van der Waals surface area contributed by atoms with Gasteiger partial charge in [-0.05, 0) is 62.6 Å².